The lowest BCUT2D eigenvalue weighted by Crippen LogP contribution is -2.33. The van der Waals surface area contributed by atoms with Crippen LogP contribution in [0.4, 0.5) is 5.69 Å². The Bertz CT molecular complexity index is 422. The highest BCUT2D eigenvalue weighted by Gasteiger charge is 2.12. The van der Waals surface area contributed by atoms with Gasteiger partial charge in [0.15, 0.2) is 0 Å². The molecule has 4 nitrogen and oxygen atoms in total. The number of amides is 1. The van der Waals surface area contributed by atoms with Gasteiger partial charge in [-0.1, -0.05) is 0 Å². The van der Waals surface area contributed by atoms with E-state index >= 15 is 0 Å². The number of carbonyl (C=O) groups excluding carboxylic acids is 1. The number of benzene rings is 1. The van der Waals surface area contributed by atoms with E-state index in [0.29, 0.717) is 11.5 Å². The average Bonchev–Trinajstić information content (AvgIpc) is 2.46. The fraction of sp³-hybridized carbons (Fsp3) is 0.562. The summed E-state index contributed by atoms with van der Waals surface area (Å²) in [6.07, 6.45) is 2.55. The molecule has 0 spiro atoms. The average molecular weight is 275 g/mol. The minimum atomic E-state index is -0.0111. The summed E-state index contributed by atoms with van der Waals surface area (Å²) in [7, 11) is 0. The van der Waals surface area contributed by atoms with Gasteiger partial charge in [-0.3, -0.25) is 4.79 Å². The molecule has 0 radical (unpaired) electrons. The van der Waals surface area contributed by atoms with Crippen LogP contribution in [0.25, 0.3) is 0 Å². The van der Waals surface area contributed by atoms with Crippen molar-refractivity contribution >= 4 is 11.6 Å². The van der Waals surface area contributed by atoms with Crippen molar-refractivity contribution in [3.63, 3.8) is 0 Å². The number of hydrogen-bond acceptors (Lipinski definition) is 3. The van der Waals surface area contributed by atoms with Gasteiger partial charge in [0.2, 0.25) is 0 Å². The molecule has 1 aromatic rings. The van der Waals surface area contributed by atoms with Crippen LogP contribution in [0, 0.1) is 5.92 Å². The van der Waals surface area contributed by atoms with Crippen LogP contribution in [0.1, 0.15) is 37.0 Å². The van der Waals surface area contributed by atoms with Crippen LogP contribution in [-0.2, 0) is 0 Å². The SMILES string of the molecule is CC(C)NC(=O)c1ccc(NCC2CCCNC2)cc1. The fourth-order valence-electron chi connectivity index (χ4n) is 2.45. The molecule has 1 unspecified atom stereocenters. The molecule has 1 fully saturated rings. The summed E-state index contributed by atoms with van der Waals surface area (Å²) in [5.74, 6) is 0.690. The summed E-state index contributed by atoms with van der Waals surface area (Å²) in [6.45, 7) is 7.17. The van der Waals surface area contributed by atoms with Gasteiger partial charge in [-0.05, 0) is 70.0 Å². The molecule has 1 atom stereocenters. The van der Waals surface area contributed by atoms with Crippen molar-refractivity contribution in [1.29, 1.82) is 0 Å². The molecule has 0 aromatic heterocycles. The monoisotopic (exact) mass is 275 g/mol. The van der Waals surface area contributed by atoms with Crippen LogP contribution in [0.5, 0.6) is 0 Å². The molecular weight excluding hydrogens is 250 g/mol. The highest BCUT2D eigenvalue weighted by Crippen LogP contribution is 2.14. The number of nitrogens with one attached hydrogen (secondary N) is 3. The predicted octanol–water partition coefficient (Wildman–Crippen LogP) is 2.24. The van der Waals surface area contributed by atoms with Gasteiger partial charge < -0.3 is 16.0 Å². The second-order valence-corrected chi connectivity index (χ2v) is 5.80. The molecule has 20 heavy (non-hydrogen) atoms. The van der Waals surface area contributed by atoms with Gasteiger partial charge in [-0.25, -0.2) is 0 Å². The van der Waals surface area contributed by atoms with Crippen LogP contribution in [0.2, 0.25) is 0 Å². The maximum Gasteiger partial charge on any atom is 0.251 e. The Morgan fingerprint density at radius 2 is 2.10 bits per heavy atom. The standard InChI is InChI=1S/C16H25N3O/c1-12(2)19-16(20)14-5-7-15(8-6-14)18-11-13-4-3-9-17-10-13/h5-8,12-13,17-18H,3-4,9-11H2,1-2H3,(H,19,20). The Morgan fingerprint density at radius 3 is 2.70 bits per heavy atom. The highest BCUT2D eigenvalue weighted by molar-refractivity contribution is 5.94. The van der Waals surface area contributed by atoms with Gasteiger partial charge >= 0.3 is 0 Å². The van der Waals surface area contributed by atoms with E-state index < -0.39 is 0 Å². The Hall–Kier alpha value is -1.55. The lowest BCUT2D eigenvalue weighted by atomic mass is 10.00. The van der Waals surface area contributed by atoms with E-state index in [1.807, 2.05) is 38.1 Å². The van der Waals surface area contributed by atoms with Crippen molar-refractivity contribution in [2.45, 2.75) is 32.7 Å². The fourth-order valence-corrected chi connectivity index (χ4v) is 2.45. The van der Waals surface area contributed by atoms with Crippen molar-refractivity contribution in [3.05, 3.63) is 29.8 Å². The second kappa shape index (κ2) is 7.29. The molecule has 2 rings (SSSR count). The second-order valence-electron chi connectivity index (χ2n) is 5.80. The van der Waals surface area contributed by atoms with Crippen molar-refractivity contribution in [1.82, 2.24) is 10.6 Å². The molecule has 0 bridgehead atoms. The maximum atomic E-state index is 11.8. The van der Waals surface area contributed by atoms with Gasteiger partial charge in [-0.15, -0.1) is 0 Å². The van der Waals surface area contributed by atoms with E-state index in [0.717, 1.165) is 25.3 Å². The Balaban J connectivity index is 1.83. The highest BCUT2D eigenvalue weighted by atomic mass is 16.1. The molecule has 1 aromatic carbocycles. The Labute approximate surface area is 121 Å². The van der Waals surface area contributed by atoms with Crippen LogP contribution >= 0.6 is 0 Å². The van der Waals surface area contributed by atoms with Gasteiger partial charge in [0, 0.05) is 23.8 Å². The summed E-state index contributed by atoms with van der Waals surface area (Å²) < 4.78 is 0. The van der Waals surface area contributed by atoms with Crippen LogP contribution in [0.15, 0.2) is 24.3 Å². The Morgan fingerprint density at radius 1 is 1.35 bits per heavy atom. The summed E-state index contributed by atoms with van der Waals surface area (Å²) in [6, 6.07) is 7.87. The number of hydrogen-bond donors (Lipinski definition) is 3. The van der Waals surface area contributed by atoms with Crippen LogP contribution < -0.4 is 16.0 Å². The molecule has 3 N–H and O–H groups in total. The van der Waals surface area contributed by atoms with Crippen molar-refractivity contribution in [2.24, 2.45) is 5.92 Å². The molecule has 1 aliphatic heterocycles. The molecular formula is C16H25N3O. The van der Waals surface area contributed by atoms with Gasteiger partial charge in [0.05, 0.1) is 0 Å². The smallest absolute Gasteiger partial charge is 0.251 e. The molecule has 0 saturated carbocycles. The third-order valence-electron chi connectivity index (χ3n) is 3.56. The van der Waals surface area contributed by atoms with E-state index in [1.165, 1.54) is 12.8 Å². The predicted molar refractivity (Wildman–Crippen MR) is 83.1 cm³/mol. The van der Waals surface area contributed by atoms with Gasteiger partial charge in [0.25, 0.3) is 5.91 Å². The maximum absolute atomic E-state index is 11.8. The van der Waals surface area contributed by atoms with Crippen molar-refractivity contribution in [2.75, 3.05) is 25.0 Å². The van der Waals surface area contributed by atoms with Crippen LogP contribution in [-0.4, -0.2) is 31.6 Å². The molecule has 1 aliphatic rings. The largest absolute Gasteiger partial charge is 0.385 e. The zero-order chi connectivity index (χ0) is 14.4. The molecule has 4 heteroatoms. The third kappa shape index (κ3) is 4.53. The lowest BCUT2D eigenvalue weighted by Gasteiger charge is -2.23. The van der Waals surface area contributed by atoms with Crippen molar-refractivity contribution in [3.8, 4) is 0 Å². The first-order valence-electron chi connectivity index (χ1n) is 7.50. The van der Waals surface area contributed by atoms with E-state index in [9.17, 15) is 4.79 Å². The first-order chi connectivity index (χ1) is 9.65. The van der Waals surface area contributed by atoms with E-state index in [2.05, 4.69) is 16.0 Å². The summed E-state index contributed by atoms with van der Waals surface area (Å²) in [4.78, 5) is 11.8. The minimum absolute atomic E-state index is 0.0111. The summed E-state index contributed by atoms with van der Waals surface area (Å²) in [5, 5.41) is 9.76. The molecule has 1 amide bonds. The van der Waals surface area contributed by atoms with Gasteiger partial charge in [-0.2, -0.15) is 0 Å². The summed E-state index contributed by atoms with van der Waals surface area (Å²) in [5.41, 5.74) is 1.79. The number of anilines is 1. The van der Waals surface area contributed by atoms with Gasteiger partial charge in [0.1, 0.15) is 0 Å². The number of rotatable bonds is 5. The number of carbonyl (C=O) groups is 1. The molecule has 0 aliphatic carbocycles. The minimum Gasteiger partial charge on any atom is -0.385 e. The number of piperidine rings is 1. The first kappa shape index (κ1) is 14.9. The molecule has 1 saturated heterocycles. The quantitative estimate of drug-likeness (QED) is 0.772. The molecule has 110 valence electrons. The van der Waals surface area contributed by atoms with Crippen molar-refractivity contribution < 1.29 is 4.79 Å². The van der Waals surface area contributed by atoms with E-state index in [-0.39, 0.29) is 11.9 Å². The first-order valence-corrected chi connectivity index (χ1v) is 7.50. The van der Waals surface area contributed by atoms with E-state index in [1.54, 1.807) is 0 Å². The third-order valence-corrected chi connectivity index (χ3v) is 3.56. The normalized spacial score (nSPS) is 18.9. The zero-order valence-electron chi connectivity index (χ0n) is 12.4. The summed E-state index contributed by atoms with van der Waals surface area (Å²) >= 11 is 0. The topological polar surface area (TPSA) is 53.2 Å². The zero-order valence-corrected chi connectivity index (χ0v) is 12.4. The lowest BCUT2D eigenvalue weighted by molar-refractivity contribution is 0.0943. The molecule has 1 heterocycles. The Kier molecular flexibility index (Phi) is 5.41. The van der Waals surface area contributed by atoms with Crippen LogP contribution in [0.3, 0.4) is 0 Å². The van der Waals surface area contributed by atoms with E-state index in [4.69, 9.17) is 0 Å².